The van der Waals surface area contributed by atoms with E-state index in [4.69, 9.17) is 15.2 Å². The van der Waals surface area contributed by atoms with Gasteiger partial charge in [0.05, 0.1) is 36.7 Å². The number of urea groups is 1. The summed E-state index contributed by atoms with van der Waals surface area (Å²) in [7, 11) is 2.26. The maximum absolute atomic E-state index is 13.4. The maximum atomic E-state index is 13.4. The first kappa shape index (κ1) is 21.2. The van der Waals surface area contributed by atoms with E-state index in [0.717, 1.165) is 25.3 Å². The van der Waals surface area contributed by atoms with E-state index in [0.29, 0.717) is 23.1 Å². The van der Waals surface area contributed by atoms with Crippen molar-refractivity contribution < 1.29 is 40.6 Å². The van der Waals surface area contributed by atoms with Crippen LogP contribution in [0.3, 0.4) is 0 Å². The first-order valence-corrected chi connectivity index (χ1v) is 7.50. The molecule has 0 radical (unpaired) electrons. The first-order chi connectivity index (χ1) is 12.9. The highest BCUT2D eigenvalue weighted by molar-refractivity contribution is 6.01. The van der Waals surface area contributed by atoms with Gasteiger partial charge in [-0.25, -0.2) is 4.79 Å². The number of hydrogen-bond donors (Lipinski definition) is 1. The molecule has 0 saturated heterocycles. The average Bonchev–Trinajstić information content (AvgIpc) is 2.59. The standard InChI is InChI=1S/C17H14F6N2O3/c1-27-10-4-5-11(17(21,22)23)12(8-10)25(15(24)26)13-7-9(16(18,19)20)3-6-14(13)28-2/h3-8H,1-2H3,(H2,24,26). The van der Waals surface area contributed by atoms with E-state index in [-0.39, 0.29) is 11.5 Å². The smallest absolute Gasteiger partial charge is 0.418 e. The third kappa shape index (κ3) is 4.24. The number of nitrogens with zero attached hydrogens (tertiary/aromatic N) is 1. The van der Waals surface area contributed by atoms with Crippen LogP contribution in [0.25, 0.3) is 0 Å². The van der Waals surface area contributed by atoms with E-state index in [1.165, 1.54) is 7.11 Å². The lowest BCUT2D eigenvalue weighted by molar-refractivity contribution is -0.138. The number of primary amides is 1. The van der Waals surface area contributed by atoms with E-state index in [1.54, 1.807) is 0 Å². The fraction of sp³-hybridized carbons (Fsp3) is 0.235. The summed E-state index contributed by atoms with van der Waals surface area (Å²) < 4.78 is 89.4. The Hall–Kier alpha value is -3.11. The number of amides is 2. The van der Waals surface area contributed by atoms with Crippen LogP contribution < -0.4 is 20.1 Å². The van der Waals surface area contributed by atoms with Crippen molar-refractivity contribution in [2.45, 2.75) is 12.4 Å². The predicted octanol–water partition coefficient (Wildman–Crippen LogP) is 4.96. The Morgan fingerprint density at radius 3 is 2.00 bits per heavy atom. The molecule has 5 nitrogen and oxygen atoms in total. The number of halogens is 6. The molecule has 2 rings (SSSR count). The summed E-state index contributed by atoms with van der Waals surface area (Å²) in [5, 5.41) is 0. The van der Waals surface area contributed by atoms with Gasteiger partial charge in [0.15, 0.2) is 0 Å². The van der Waals surface area contributed by atoms with Crippen LogP contribution in [0.1, 0.15) is 11.1 Å². The zero-order valence-electron chi connectivity index (χ0n) is 14.5. The Labute approximate surface area is 155 Å². The molecular formula is C17H14F6N2O3. The van der Waals surface area contributed by atoms with Gasteiger partial charge in [0.2, 0.25) is 0 Å². The van der Waals surface area contributed by atoms with Crippen LogP contribution in [0.15, 0.2) is 36.4 Å². The molecule has 2 amide bonds. The zero-order valence-corrected chi connectivity index (χ0v) is 14.5. The second kappa shape index (κ2) is 7.49. The molecule has 0 aliphatic heterocycles. The largest absolute Gasteiger partial charge is 0.497 e. The molecule has 0 heterocycles. The van der Waals surface area contributed by atoms with Gasteiger partial charge >= 0.3 is 18.4 Å². The lowest BCUT2D eigenvalue weighted by atomic mass is 10.1. The SMILES string of the molecule is COc1ccc(C(F)(F)F)c(N(C(N)=O)c2cc(C(F)(F)F)ccc2OC)c1. The van der Waals surface area contributed by atoms with Gasteiger partial charge in [-0.05, 0) is 30.3 Å². The monoisotopic (exact) mass is 408 g/mol. The van der Waals surface area contributed by atoms with Gasteiger partial charge in [0.1, 0.15) is 11.5 Å². The fourth-order valence-corrected chi connectivity index (χ4v) is 2.47. The number of rotatable bonds is 4. The van der Waals surface area contributed by atoms with Crippen molar-refractivity contribution in [2.24, 2.45) is 5.73 Å². The second-order valence-corrected chi connectivity index (χ2v) is 5.44. The quantitative estimate of drug-likeness (QED) is 0.728. The highest BCUT2D eigenvalue weighted by Crippen LogP contribution is 2.44. The van der Waals surface area contributed by atoms with E-state index in [2.05, 4.69) is 0 Å². The molecule has 0 aliphatic carbocycles. The maximum Gasteiger partial charge on any atom is 0.418 e. The van der Waals surface area contributed by atoms with Crippen LogP contribution in [-0.4, -0.2) is 20.3 Å². The van der Waals surface area contributed by atoms with Crippen LogP contribution in [0.5, 0.6) is 11.5 Å². The molecule has 2 N–H and O–H groups in total. The van der Waals surface area contributed by atoms with Gasteiger partial charge in [0, 0.05) is 6.07 Å². The van der Waals surface area contributed by atoms with Gasteiger partial charge < -0.3 is 15.2 Å². The van der Waals surface area contributed by atoms with Crippen molar-refractivity contribution in [3.63, 3.8) is 0 Å². The highest BCUT2D eigenvalue weighted by atomic mass is 19.4. The third-order valence-corrected chi connectivity index (χ3v) is 3.72. The topological polar surface area (TPSA) is 64.8 Å². The molecule has 0 fully saturated rings. The zero-order chi connectivity index (χ0) is 21.3. The van der Waals surface area contributed by atoms with Crippen molar-refractivity contribution in [2.75, 3.05) is 19.1 Å². The number of carbonyl (C=O) groups is 1. The lowest BCUT2D eigenvalue weighted by Crippen LogP contribution is -2.33. The minimum Gasteiger partial charge on any atom is -0.497 e. The molecule has 0 aliphatic rings. The summed E-state index contributed by atoms with van der Waals surface area (Å²) in [6, 6.07) is 3.03. The van der Waals surface area contributed by atoms with Crippen LogP contribution in [-0.2, 0) is 12.4 Å². The Balaban J connectivity index is 2.83. The molecule has 152 valence electrons. The number of carbonyl (C=O) groups excluding carboxylic acids is 1. The van der Waals surface area contributed by atoms with Crippen molar-refractivity contribution in [3.8, 4) is 11.5 Å². The summed E-state index contributed by atoms with van der Waals surface area (Å²) in [4.78, 5) is 12.3. The molecule has 0 bridgehead atoms. The van der Waals surface area contributed by atoms with E-state index < -0.39 is 40.9 Å². The first-order valence-electron chi connectivity index (χ1n) is 7.50. The molecule has 0 aromatic heterocycles. The number of alkyl halides is 6. The van der Waals surface area contributed by atoms with Crippen LogP contribution >= 0.6 is 0 Å². The van der Waals surface area contributed by atoms with Crippen molar-refractivity contribution in [1.29, 1.82) is 0 Å². The molecule has 28 heavy (non-hydrogen) atoms. The van der Waals surface area contributed by atoms with Crippen LogP contribution in [0, 0.1) is 0 Å². The van der Waals surface area contributed by atoms with Gasteiger partial charge in [-0.15, -0.1) is 0 Å². The Morgan fingerprint density at radius 2 is 1.54 bits per heavy atom. The van der Waals surface area contributed by atoms with E-state index in [9.17, 15) is 31.1 Å². The average molecular weight is 408 g/mol. The molecule has 2 aromatic rings. The molecule has 0 saturated carbocycles. The summed E-state index contributed by atoms with van der Waals surface area (Å²) in [6.07, 6.45) is -9.74. The number of methoxy groups -OCH3 is 2. The number of benzene rings is 2. The normalized spacial score (nSPS) is 11.9. The minimum absolute atomic E-state index is 0.0693. The number of ether oxygens (including phenoxy) is 2. The second-order valence-electron chi connectivity index (χ2n) is 5.44. The molecule has 0 unspecified atom stereocenters. The predicted molar refractivity (Wildman–Crippen MR) is 87.7 cm³/mol. The summed E-state index contributed by atoms with van der Waals surface area (Å²) >= 11 is 0. The minimum atomic E-state index is -4.93. The number of nitrogens with two attached hydrogens (primary N) is 1. The Morgan fingerprint density at radius 1 is 0.893 bits per heavy atom. The van der Waals surface area contributed by atoms with E-state index in [1.807, 2.05) is 0 Å². The molecule has 11 heteroatoms. The molecular weight excluding hydrogens is 394 g/mol. The van der Waals surface area contributed by atoms with Crippen LogP contribution in [0.2, 0.25) is 0 Å². The van der Waals surface area contributed by atoms with Gasteiger partial charge in [0.25, 0.3) is 0 Å². The van der Waals surface area contributed by atoms with Gasteiger partial charge in [-0.3, -0.25) is 4.90 Å². The summed E-state index contributed by atoms with van der Waals surface area (Å²) in [6.45, 7) is 0. The van der Waals surface area contributed by atoms with Crippen molar-refractivity contribution in [1.82, 2.24) is 0 Å². The Kier molecular flexibility index (Phi) is 5.67. The Bertz CT molecular complexity index is 880. The lowest BCUT2D eigenvalue weighted by Gasteiger charge is -2.27. The van der Waals surface area contributed by atoms with Gasteiger partial charge in [-0.2, -0.15) is 26.3 Å². The van der Waals surface area contributed by atoms with Gasteiger partial charge in [-0.1, -0.05) is 0 Å². The summed E-state index contributed by atoms with van der Waals surface area (Å²) in [5.41, 5.74) is 1.31. The molecule has 2 aromatic carbocycles. The molecule has 0 atom stereocenters. The summed E-state index contributed by atoms with van der Waals surface area (Å²) in [5.74, 6) is -0.358. The van der Waals surface area contributed by atoms with Crippen molar-refractivity contribution in [3.05, 3.63) is 47.5 Å². The van der Waals surface area contributed by atoms with Crippen LogP contribution in [0.4, 0.5) is 42.5 Å². The van der Waals surface area contributed by atoms with Crippen molar-refractivity contribution >= 4 is 17.4 Å². The molecule has 0 spiro atoms. The third-order valence-electron chi connectivity index (χ3n) is 3.72. The van der Waals surface area contributed by atoms with E-state index >= 15 is 0 Å². The highest BCUT2D eigenvalue weighted by Gasteiger charge is 2.38. The fourth-order valence-electron chi connectivity index (χ4n) is 2.47. The number of hydrogen-bond acceptors (Lipinski definition) is 3. The number of anilines is 2.